The summed E-state index contributed by atoms with van der Waals surface area (Å²) in [6.07, 6.45) is 0.304. The van der Waals surface area contributed by atoms with Crippen LogP contribution in [0, 0.1) is 0 Å². The summed E-state index contributed by atoms with van der Waals surface area (Å²) in [4.78, 5) is 13.0. The highest BCUT2D eigenvalue weighted by Gasteiger charge is 2.42. The second-order valence-corrected chi connectivity index (χ2v) is 7.42. The van der Waals surface area contributed by atoms with Gasteiger partial charge in [0.2, 0.25) is 0 Å². The maximum Gasteiger partial charge on any atom is 0.193 e. The van der Waals surface area contributed by atoms with E-state index in [4.69, 9.17) is 4.74 Å². The van der Waals surface area contributed by atoms with Crippen LogP contribution in [0.1, 0.15) is 32.6 Å². The van der Waals surface area contributed by atoms with E-state index in [0.717, 1.165) is 22.1 Å². The van der Waals surface area contributed by atoms with Gasteiger partial charge in [0, 0.05) is 23.1 Å². The number of fused-ring (bicyclic) bond motifs is 3. The van der Waals surface area contributed by atoms with Gasteiger partial charge in [0.05, 0.1) is 7.11 Å². The van der Waals surface area contributed by atoms with Crippen LogP contribution >= 0.6 is 0 Å². The number of hydrogen-bond acceptors (Lipinski definition) is 3. The van der Waals surface area contributed by atoms with Gasteiger partial charge in [-0.2, -0.15) is 0 Å². The third kappa shape index (κ3) is 2.59. The van der Waals surface area contributed by atoms with Crippen molar-refractivity contribution in [1.29, 1.82) is 0 Å². The molecule has 142 valence electrons. The van der Waals surface area contributed by atoms with Crippen molar-refractivity contribution >= 4 is 16.6 Å². The van der Waals surface area contributed by atoms with E-state index < -0.39 is 5.60 Å². The Balaban J connectivity index is 1.79. The van der Waals surface area contributed by atoms with Gasteiger partial charge in [0.15, 0.2) is 5.78 Å². The van der Waals surface area contributed by atoms with Crippen molar-refractivity contribution in [3.05, 3.63) is 113 Å². The largest absolute Gasteiger partial charge is 0.496 e. The van der Waals surface area contributed by atoms with Crippen molar-refractivity contribution in [3.63, 3.8) is 0 Å². The molecule has 0 heterocycles. The van der Waals surface area contributed by atoms with E-state index in [1.807, 2.05) is 66.7 Å². The fraction of sp³-hybridized carbons (Fsp3) is 0.115. The van der Waals surface area contributed by atoms with Crippen LogP contribution in [0.15, 0.2) is 84.9 Å². The average molecular weight is 380 g/mol. The maximum atomic E-state index is 13.0. The molecule has 3 heteroatoms. The zero-order chi connectivity index (χ0) is 20.0. The molecular formula is C26H20O3. The Morgan fingerprint density at radius 1 is 0.793 bits per heavy atom. The van der Waals surface area contributed by atoms with Gasteiger partial charge in [-0.05, 0) is 28.0 Å². The highest BCUT2D eigenvalue weighted by atomic mass is 16.5. The molecule has 3 nitrogen and oxygen atoms in total. The van der Waals surface area contributed by atoms with Gasteiger partial charge in [0.1, 0.15) is 11.4 Å². The van der Waals surface area contributed by atoms with Gasteiger partial charge in [0.25, 0.3) is 0 Å². The molecule has 0 saturated carbocycles. The van der Waals surface area contributed by atoms with Gasteiger partial charge < -0.3 is 9.84 Å². The van der Waals surface area contributed by atoms with E-state index in [9.17, 15) is 9.90 Å². The van der Waals surface area contributed by atoms with Crippen LogP contribution < -0.4 is 4.74 Å². The summed E-state index contributed by atoms with van der Waals surface area (Å²) in [5, 5.41) is 14.2. The molecule has 0 aromatic heterocycles. The molecule has 0 fully saturated rings. The third-order valence-electron chi connectivity index (χ3n) is 5.88. The highest BCUT2D eigenvalue weighted by Crippen LogP contribution is 2.44. The standard InChI is InChI=1S/C26H20O3/c1-29-24-15-14-17-8-2-3-9-18(17)21(24)16-26(28)22-12-6-4-10-19(22)25(27)20-11-5-7-13-23(20)26/h2-15,28H,16H2,1H3. The quantitative estimate of drug-likeness (QED) is 0.551. The van der Waals surface area contributed by atoms with Crippen LogP contribution in [0.5, 0.6) is 5.75 Å². The molecule has 5 rings (SSSR count). The topological polar surface area (TPSA) is 46.5 Å². The summed E-state index contributed by atoms with van der Waals surface area (Å²) < 4.78 is 5.66. The minimum absolute atomic E-state index is 0.0502. The molecule has 0 saturated heterocycles. The monoisotopic (exact) mass is 380 g/mol. The lowest BCUT2D eigenvalue weighted by atomic mass is 9.71. The lowest BCUT2D eigenvalue weighted by molar-refractivity contribution is 0.0718. The van der Waals surface area contributed by atoms with Gasteiger partial charge in [-0.1, -0.05) is 78.9 Å². The molecule has 0 aliphatic heterocycles. The van der Waals surface area contributed by atoms with Crippen molar-refractivity contribution in [2.45, 2.75) is 12.0 Å². The summed E-state index contributed by atoms with van der Waals surface area (Å²) in [6, 6.07) is 26.7. The molecule has 29 heavy (non-hydrogen) atoms. The molecule has 1 N–H and O–H groups in total. The molecule has 4 aromatic carbocycles. The van der Waals surface area contributed by atoms with Crippen LogP contribution in [0.4, 0.5) is 0 Å². The van der Waals surface area contributed by atoms with E-state index in [1.165, 1.54) is 0 Å². The Bertz CT molecular complexity index is 1210. The van der Waals surface area contributed by atoms with E-state index in [0.29, 0.717) is 28.7 Å². The number of methoxy groups -OCH3 is 1. The van der Waals surface area contributed by atoms with Crippen LogP contribution in [0.2, 0.25) is 0 Å². The molecule has 0 radical (unpaired) electrons. The van der Waals surface area contributed by atoms with Crippen LogP contribution in [0.3, 0.4) is 0 Å². The molecule has 1 aliphatic carbocycles. The van der Waals surface area contributed by atoms with Crippen molar-refractivity contribution in [1.82, 2.24) is 0 Å². The predicted molar refractivity (Wildman–Crippen MR) is 114 cm³/mol. The molecule has 0 amide bonds. The predicted octanol–water partition coefficient (Wildman–Crippen LogP) is 4.87. The van der Waals surface area contributed by atoms with Crippen molar-refractivity contribution in [3.8, 4) is 5.75 Å². The number of hydrogen-bond donors (Lipinski definition) is 1. The van der Waals surface area contributed by atoms with E-state index in [2.05, 4.69) is 6.07 Å². The summed E-state index contributed by atoms with van der Waals surface area (Å²) in [5.74, 6) is 0.676. The third-order valence-corrected chi connectivity index (χ3v) is 5.88. The SMILES string of the molecule is COc1ccc2ccccc2c1CC1(O)c2ccccc2C(=O)c2ccccc21. The zero-order valence-electron chi connectivity index (χ0n) is 16.1. The lowest BCUT2D eigenvalue weighted by Crippen LogP contribution is -2.37. The second-order valence-electron chi connectivity index (χ2n) is 7.42. The molecule has 1 aliphatic rings. The fourth-order valence-electron chi connectivity index (χ4n) is 4.51. The first kappa shape index (κ1) is 17.7. The normalized spacial score (nSPS) is 14.3. The number of aliphatic hydroxyl groups is 1. The lowest BCUT2D eigenvalue weighted by Gasteiger charge is -2.36. The second kappa shape index (κ2) is 6.57. The Morgan fingerprint density at radius 2 is 1.38 bits per heavy atom. The first-order chi connectivity index (χ1) is 14.1. The number of benzene rings is 4. The first-order valence-corrected chi connectivity index (χ1v) is 9.64. The summed E-state index contributed by atoms with van der Waals surface area (Å²) in [6.45, 7) is 0. The fourth-order valence-corrected chi connectivity index (χ4v) is 4.51. The molecule has 0 atom stereocenters. The number of ether oxygens (including phenoxy) is 1. The van der Waals surface area contributed by atoms with Crippen molar-refractivity contribution < 1.29 is 14.6 Å². The number of rotatable bonds is 3. The Kier molecular flexibility index (Phi) is 4.00. The Morgan fingerprint density at radius 3 is 2.03 bits per heavy atom. The minimum atomic E-state index is -1.33. The van der Waals surface area contributed by atoms with Gasteiger partial charge >= 0.3 is 0 Å². The van der Waals surface area contributed by atoms with Crippen molar-refractivity contribution in [2.24, 2.45) is 0 Å². The van der Waals surface area contributed by atoms with Crippen LogP contribution in [-0.2, 0) is 12.0 Å². The minimum Gasteiger partial charge on any atom is -0.496 e. The average Bonchev–Trinajstić information content (AvgIpc) is 2.78. The number of ketones is 1. The summed E-state index contributed by atoms with van der Waals surface area (Å²) in [7, 11) is 1.64. The van der Waals surface area contributed by atoms with Gasteiger partial charge in [-0.25, -0.2) is 0 Å². The number of carbonyl (C=O) groups excluding carboxylic acids is 1. The van der Waals surface area contributed by atoms with E-state index >= 15 is 0 Å². The summed E-state index contributed by atoms with van der Waals surface area (Å²) in [5.41, 5.74) is 1.96. The van der Waals surface area contributed by atoms with Gasteiger partial charge in [-0.3, -0.25) is 4.79 Å². The van der Waals surface area contributed by atoms with Crippen LogP contribution in [-0.4, -0.2) is 18.0 Å². The van der Waals surface area contributed by atoms with Crippen molar-refractivity contribution in [2.75, 3.05) is 7.11 Å². The molecule has 4 aromatic rings. The Labute approximate surface area is 169 Å². The molecule has 0 unspecified atom stereocenters. The van der Waals surface area contributed by atoms with Gasteiger partial charge in [-0.15, -0.1) is 0 Å². The molecule has 0 bridgehead atoms. The maximum absolute atomic E-state index is 13.0. The molecule has 0 spiro atoms. The smallest absolute Gasteiger partial charge is 0.193 e. The number of carbonyl (C=O) groups is 1. The zero-order valence-corrected chi connectivity index (χ0v) is 16.1. The van der Waals surface area contributed by atoms with E-state index in [1.54, 1.807) is 19.2 Å². The first-order valence-electron chi connectivity index (χ1n) is 9.64. The van der Waals surface area contributed by atoms with E-state index in [-0.39, 0.29) is 5.78 Å². The van der Waals surface area contributed by atoms with Crippen LogP contribution in [0.25, 0.3) is 10.8 Å². The summed E-state index contributed by atoms with van der Waals surface area (Å²) >= 11 is 0. The molecular weight excluding hydrogens is 360 g/mol. The Hall–Kier alpha value is -3.43. The highest BCUT2D eigenvalue weighted by molar-refractivity contribution is 6.13.